The van der Waals surface area contributed by atoms with Crippen LogP contribution in [0.25, 0.3) is 10.4 Å². The Morgan fingerprint density at radius 3 is 2.62 bits per heavy atom. The molecular formula is C19H22O4S. The smallest absolute Gasteiger partial charge is 0.346 e. The fourth-order valence-electron chi connectivity index (χ4n) is 2.58. The van der Waals surface area contributed by atoms with E-state index >= 15 is 0 Å². The van der Waals surface area contributed by atoms with Gasteiger partial charge in [0.1, 0.15) is 10.6 Å². The average molecular weight is 346 g/mol. The van der Waals surface area contributed by atoms with Crippen LogP contribution in [0.3, 0.4) is 0 Å². The number of hydrogen-bond acceptors (Lipinski definition) is 4. The van der Waals surface area contributed by atoms with E-state index < -0.39 is 5.97 Å². The molecule has 0 spiro atoms. The van der Waals surface area contributed by atoms with Crippen molar-refractivity contribution in [2.75, 3.05) is 6.61 Å². The number of carboxylic acid groups (broad SMARTS) is 1. The molecule has 0 aliphatic rings. The van der Waals surface area contributed by atoms with Crippen LogP contribution in [-0.4, -0.2) is 24.0 Å². The van der Waals surface area contributed by atoms with Crippen molar-refractivity contribution in [1.29, 1.82) is 0 Å². The molecule has 1 aromatic carbocycles. The highest BCUT2D eigenvalue weighted by Gasteiger charge is 2.20. The maximum absolute atomic E-state index is 11.4. The van der Waals surface area contributed by atoms with Crippen LogP contribution in [0.2, 0.25) is 0 Å². The minimum Gasteiger partial charge on any atom is -0.493 e. The number of thiophene rings is 1. The summed E-state index contributed by atoms with van der Waals surface area (Å²) in [5.41, 5.74) is 3.16. The van der Waals surface area contributed by atoms with Crippen LogP contribution in [0.15, 0.2) is 18.2 Å². The van der Waals surface area contributed by atoms with Gasteiger partial charge in [0.25, 0.3) is 0 Å². The zero-order valence-corrected chi connectivity index (χ0v) is 15.2. The Morgan fingerprint density at radius 1 is 1.38 bits per heavy atom. The molecule has 0 saturated carbocycles. The number of carbonyl (C=O) groups is 2. The third-order valence-corrected chi connectivity index (χ3v) is 5.16. The summed E-state index contributed by atoms with van der Waals surface area (Å²) in [5.74, 6) is 0.0205. The number of hydrogen-bond donors (Lipinski definition) is 1. The van der Waals surface area contributed by atoms with Gasteiger partial charge < -0.3 is 9.84 Å². The number of aromatic carboxylic acids is 1. The first-order chi connectivity index (χ1) is 11.4. The van der Waals surface area contributed by atoms with E-state index in [0.29, 0.717) is 28.7 Å². The molecule has 4 nitrogen and oxygen atoms in total. The van der Waals surface area contributed by atoms with Gasteiger partial charge in [-0.15, -0.1) is 11.3 Å². The van der Waals surface area contributed by atoms with Gasteiger partial charge in [-0.3, -0.25) is 4.79 Å². The summed E-state index contributed by atoms with van der Waals surface area (Å²) in [6.07, 6.45) is 1.52. The molecule has 0 atom stereocenters. The number of ether oxygens (including phenoxy) is 1. The highest BCUT2D eigenvalue weighted by molar-refractivity contribution is 7.17. The van der Waals surface area contributed by atoms with Gasteiger partial charge in [0.2, 0.25) is 0 Å². The second-order valence-electron chi connectivity index (χ2n) is 6.10. The van der Waals surface area contributed by atoms with Gasteiger partial charge in [0.15, 0.2) is 6.29 Å². The summed E-state index contributed by atoms with van der Waals surface area (Å²) >= 11 is 1.26. The van der Waals surface area contributed by atoms with E-state index in [1.54, 1.807) is 12.1 Å². The number of aldehydes is 1. The van der Waals surface area contributed by atoms with Crippen LogP contribution in [0.5, 0.6) is 5.75 Å². The van der Waals surface area contributed by atoms with Gasteiger partial charge in [-0.25, -0.2) is 4.79 Å². The fourth-order valence-corrected chi connectivity index (χ4v) is 3.81. The third-order valence-electron chi connectivity index (χ3n) is 3.79. The van der Waals surface area contributed by atoms with Gasteiger partial charge in [0.05, 0.1) is 12.2 Å². The van der Waals surface area contributed by atoms with Crippen molar-refractivity contribution in [3.63, 3.8) is 0 Å². The molecule has 1 heterocycles. The predicted molar refractivity (Wildman–Crippen MR) is 96.5 cm³/mol. The summed E-state index contributed by atoms with van der Waals surface area (Å²) in [5, 5.41) is 9.35. The number of carbonyl (C=O) groups excluding carboxylic acids is 1. The summed E-state index contributed by atoms with van der Waals surface area (Å²) < 4.78 is 5.68. The predicted octanol–water partition coefficient (Wildman–Crippen LogP) is 4.83. The van der Waals surface area contributed by atoms with Crippen LogP contribution in [-0.2, 0) is 6.42 Å². The lowest BCUT2D eigenvalue weighted by Gasteiger charge is -2.12. The summed E-state index contributed by atoms with van der Waals surface area (Å²) in [6, 6.07) is 5.45. The Bertz CT molecular complexity index is 759. The fraction of sp³-hybridized carbons (Fsp3) is 0.368. The first-order valence-corrected chi connectivity index (χ1v) is 8.78. The van der Waals surface area contributed by atoms with Crippen molar-refractivity contribution in [2.24, 2.45) is 5.92 Å². The molecule has 2 aromatic rings. The van der Waals surface area contributed by atoms with E-state index in [-0.39, 0.29) is 0 Å². The van der Waals surface area contributed by atoms with E-state index in [1.165, 1.54) is 11.3 Å². The van der Waals surface area contributed by atoms with E-state index in [4.69, 9.17) is 4.74 Å². The first-order valence-electron chi connectivity index (χ1n) is 7.96. The first kappa shape index (κ1) is 18.2. The van der Waals surface area contributed by atoms with Crippen molar-refractivity contribution < 1.29 is 19.4 Å². The Labute approximate surface area is 146 Å². The molecule has 0 aliphatic heterocycles. The SMILES string of the molecule is CCc1c(-c2ccc(OCC(C)C)c(C=O)c2)sc(C(=O)O)c1C. The average Bonchev–Trinajstić information content (AvgIpc) is 2.89. The Morgan fingerprint density at radius 2 is 2.08 bits per heavy atom. The van der Waals surface area contributed by atoms with Crippen LogP contribution in [0.1, 0.15) is 51.9 Å². The molecule has 1 N–H and O–H groups in total. The molecule has 0 fully saturated rings. The third kappa shape index (κ3) is 3.67. The van der Waals surface area contributed by atoms with E-state index in [9.17, 15) is 14.7 Å². The van der Waals surface area contributed by atoms with Crippen molar-refractivity contribution in [3.05, 3.63) is 39.8 Å². The van der Waals surface area contributed by atoms with Gasteiger partial charge in [-0.05, 0) is 54.2 Å². The van der Waals surface area contributed by atoms with Crippen molar-refractivity contribution in [1.82, 2.24) is 0 Å². The summed E-state index contributed by atoms with van der Waals surface area (Å²) in [6.45, 7) is 8.48. The number of rotatable bonds is 7. The molecule has 128 valence electrons. The van der Waals surface area contributed by atoms with Gasteiger partial charge in [-0.1, -0.05) is 20.8 Å². The molecule has 0 unspecified atom stereocenters. The van der Waals surface area contributed by atoms with Gasteiger partial charge in [-0.2, -0.15) is 0 Å². The van der Waals surface area contributed by atoms with E-state index in [0.717, 1.165) is 34.3 Å². The number of carboxylic acids is 1. The lowest BCUT2D eigenvalue weighted by Crippen LogP contribution is -2.06. The zero-order chi connectivity index (χ0) is 17.9. The monoisotopic (exact) mass is 346 g/mol. The molecular weight excluding hydrogens is 324 g/mol. The normalized spacial score (nSPS) is 10.9. The standard InChI is InChI=1S/C19H22O4S/c1-5-15-12(4)17(19(21)22)24-18(15)13-6-7-16(14(8-13)9-20)23-10-11(2)3/h6-9,11H,5,10H2,1-4H3,(H,21,22). The second-order valence-corrected chi connectivity index (χ2v) is 7.12. The lowest BCUT2D eigenvalue weighted by atomic mass is 10.0. The largest absolute Gasteiger partial charge is 0.493 e. The van der Waals surface area contributed by atoms with E-state index in [1.807, 2.05) is 33.8 Å². The Balaban J connectivity index is 2.48. The lowest BCUT2D eigenvalue weighted by molar-refractivity contribution is 0.0701. The Kier molecular flexibility index (Phi) is 5.78. The molecule has 2 rings (SSSR count). The quantitative estimate of drug-likeness (QED) is 0.729. The maximum atomic E-state index is 11.4. The highest BCUT2D eigenvalue weighted by Crippen LogP contribution is 2.38. The van der Waals surface area contributed by atoms with Gasteiger partial charge >= 0.3 is 5.97 Å². The zero-order valence-electron chi connectivity index (χ0n) is 14.4. The maximum Gasteiger partial charge on any atom is 0.346 e. The van der Waals surface area contributed by atoms with Crippen LogP contribution in [0.4, 0.5) is 0 Å². The molecule has 0 amide bonds. The van der Waals surface area contributed by atoms with Crippen LogP contribution >= 0.6 is 11.3 Å². The topological polar surface area (TPSA) is 63.6 Å². The highest BCUT2D eigenvalue weighted by atomic mass is 32.1. The number of benzene rings is 1. The van der Waals surface area contributed by atoms with E-state index in [2.05, 4.69) is 0 Å². The molecule has 0 saturated heterocycles. The molecule has 1 aromatic heterocycles. The molecule has 0 bridgehead atoms. The van der Waals surface area contributed by atoms with Crippen molar-refractivity contribution in [2.45, 2.75) is 34.1 Å². The van der Waals surface area contributed by atoms with Crippen LogP contribution < -0.4 is 4.74 Å². The van der Waals surface area contributed by atoms with Crippen molar-refractivity contribution in [3.8, 4) is 16.2 Å². The minimum absolute atomic E-state index is 0.356. The molecule has 24 heavy (non-hydrogen) atoms. The second kappa shape index (κ2) is 7.62. The minimum atomic E-state index is -0.911. The molecule has 0 radical (unpaired) electrons. The van der Waals surface area contributed by atoms with Gasteiger partial charge in [0, 0.05) is 4.88 Å². The Hall–Kier alpha value is -2.14. The van der Waals surface area contributed by atoms with Crippen molar-refractivity contribution >= 4 is 23.6 Å². The summed E-state index contributed by atoms with van der Waals surface area (Å²) in [4.78, 5) is 24.1. The summed E-state index contributed by atoms with van der Waals surface area (Å²) in [7, 11) is 0. The molecule has 5 heteroatoms. The molecule has 0 aliphatic carbocycles. The van der Waals surface area contributed by atoms with Crippen LogP contribution in [0, 0.1) is 12.8 Å².